The maximum Gasteiger partial charge on any atom is 0.229 e. The van der Waals surface area contributed by atoms with Gasteiger partial charge >= 0.3 is 0 Å². The highest BCUT2D eigenvalue weighted by Crippen LogP contribution is 2.16. The number of nitrogens with zero attached hydrogens (tertiary/aromatic N) is 2. The van der Waals surface area contributed by atoms with Gasteiger partial charge in [-0.15, -0.1) is 0 Å². The van der Waals surface area contributed by atoms with Crippen LogP contribution in [0.25, 0.3) is 0 Å². The molecule has 1 heterocycles. The molecule has 1 aromatic carbocycles. The second-order valence-corrected chi connectivity index (χ2v) is 4.14. The third-order valence-electron chi connectivity index (χ3n) is 2.53. The van der Waals surface area contributed by atoms with Crippen LogP contribution in [0.15, 0.2) is 30.3 Å². The Bertz CT molecular complexity index is 541. The maximum atomic E-state index is 5.39. The average molecular weight is 259 g/mol. The predicted octanol–water partition coefficient (Wildman–Crippen LogP) is 1.96. The molecule has 4 N–H and O–H groups in total. The monoisotopic (exact) mass is 259 g/mol. The summed E-state index contributed by atoms with van der Waals surface area (Å²) in [7, 11) is 1.62. The van der Waals surface area contributed by atoms with E-state index in [0.717, 1.165) is 11.4 Å². The highest BCUT2D eigenvalue weighted by molar-refractivity contribution is 5.55. The van der Waals surface area contributed by atoms with Crippen molar-refractivity contribution < 1.29 is 4.74 Å². The largest absolute Gasteiger partial charge is 0.378 e. The molecule has 0 fully saturated rings. The molecule has 1 aromatic heterocycles. The van der Waals surface area contributed by atoms with Crippen LogP contribution in [-0.4, -0.2) is 17.1 Å². The van der Waals surface area contributed by atoms with E-state index in [2.05, 4.69) is 20.7 Å². The molecule has 0 aliphatic carbocycles. The molecule has 100 valence electrons. The molecule has 0 atom stereocenters. The van der Waals surface area contributed by atoms with E-state index >= 15 is 0 Å². The number of anilines is 3. The van der Waals surface area contributed by atoms with Gasteiger partial charge in [0.15, 0.2) is 0 Å². The first-order valence-corrected chi connectivity index (χ1v) is 5.88. The molecule has 0 aliphatic heterocycles. The summed E-state index contributed by atoms with van der Waals surface area (Å²) in [6, 6.07) is 9.71. The average Bonchev–Trinajstić information content (AvgIpc) is 2.41. The van der Waals surface area contributed by atoms with Crippen molar-refractivity contribution in [2.75, 3.05) is 17.9 Å². The SMILES string of the molecule is COCc1cc(NN)nc(Nc2ccc(C)cc2)n1. The zero-order chi connectivity index (χ0) is 13.7. The van der Waals surface area contributed by atoms with Crippen LogP contribution in [0.5, 0.6) is 0 Å². The van der Waals surface area contributed by atoms with Gasteiger partial charge in [-0.3, -0.25) is 0 Å². The van der Waals surface area contributed by atoms with Crippen LogP contribution in [0.2, 0.25) is 0 Å². The summed E-state index contributed by atoms with van der Waals surface area (Å²) in [5, 5.41) is 3.13. The topological polar surface area (TPSA) is 85.1 Å². The minimum Gasteiger partial charge on any atom is -0.378 e. The third kappa shape index (κ3) is 3.64. The van der Waals surface area contributed by atoms with Crippen molar-refractivity contribution in [3.63, 3.8) is 0 Å². The lowest BCUT2D eigenvalue weighted by atomic mass is 10.2. The van der Waals surface area contributed by atoms with E-state index in [-0.39, 0.29) is 0 Å². The van der Waals surface area contributed by atoms with Crippen LogP contribution in [0, 0.1) is 6.92 Å². The fourth-order valence-corrected chi connectivity index (χ4v) is 1.62. The Hall–Kier alpha value is -2.18. The number of hydrazine groups is 1. The number of methoxy groups -OCH3 is 1. The summed E-state index contributed by atoms with van der Waals surface area (Å²) in [6.45, 7) is 2.44. The Labute approximate surface area is 112 Å². The van der Waals surface area contributed by atoms with E-state index < -0.39 is 0 Å². The molecule has 2 rings (SSSR count). The van der Waals surface area contributed by atoms with Crippen LogP contribution in [0.1, 0.15) is 11.3 Å². The zero-order valence-corrected chi connectivity index (χ0v) is 11.0. The smallest absolute Gasteiger partial charge is 0.229 e. The number of rotatable bonds is 5. The number of aromatic nitrogens is 2. The van der Waals surface area contributed by atoms with E-state index in [4.69, 9.17) is 10.6 Å². The summed E-state index contributed by atoms with van der Waals surface area (Å²) in [6.07, 6.45) is 0. The second-order valence-electron chi connectivity index (χ2n) is 4.14. The zero-order valence-electron chi connectivity index (χ0n) is 11.0. The van der Waals surface area contributed by atoms with E-state index in [9.17, 15) is 0 Å². The number of hydrogen-bond donors (Lipinski definition) is 3. The number of nitrogens with one attached hydrogen (secondary N) is 2. The van der Waals surface area contributed by atoms with Crippen LogP contribution < -0.4 is 16.6 Å². The maximum absolute atomic E-state index is 5.39. The number of nitrogens with two attached hydrogens (primary N) is 1. The quantitative estimate of drug-likeness (QED) is 0.562. The summed E-state index contributed by atoms with van der Waals surface area (Å²) in [5.41, 5.74) is 5.38. The first-order valence-electron chi connectivity index (χ1n) is 5.88. The molecule has 0 spiro atoms. The van der Waals surface area contributed by atoms with E-state index in [0.29, 0.717) is 18.4 Å². The second kappa shape index (κ2) is 6.12. The number of hydrogen-bond acceptors (Lipinski definition) is 6. The van der Waals surface area contributed by atoms with Gasteiger partial charge in [0.05, 0.1) is 12.3 Å². The van der Waals surface area contributed by atoms with Gasteiger partial charge in [0.1, 0.15) is 5.82 Å². The van der Waals surface area contributed by atoms with Crippen molar-refractivity contribution in [1.29, 1.82) is 0 Å². The van der Waals surface area contributed by atoms with Crippen molar-refractivity contribution in [3.8, 4) is 0 Å². The Kier molecular flexibility index (Phi) is 4.27. The van der Waals surface area contributed by atoms with Gasteiger partial charge in [-0.05, 0) is 19.1 Å². The Morgan fingerprint density at radius 3 is 2.58 bits per heavy atom. The number of benzene rings is 1. The van der Waals surface area contributed by atoms with Crippen LogP contribution in [-0.2, 0) is 11.3 Å². The molecule has 2 aromatic rings. The molecular weight excluding hydrogens is 242 g/mol. The minimum absolute atomic E-state index is 0.403. The third-order valence-corrected chi connectivity index (χ3v) is 2.53. The van der Waals surface area contributed by atoms with Gasteiger partial charge in [0, 0.05) is 18.9 Å². The van der Waals surface area contributed by atoms with Crippen LogP contribution in [0.4, 0.5) is 17.5 Å². The van der Waals surface area contributed by atoms with Crippen molar-refractivity contribution in [1.82, 2.24) is 9.97 Å². The van der Waals surface area contributed by atoms with Gasteiger partial charge < -0.3 is 15.5 Å². The molecule has 0 radical (unpaired) electrons. The fraction of sp³-hybridized carbons (Fsp3) is 0.231. The molecule has 0 saturated carbocycles. The highest BCUT2D eigenvalue weighted by Gasteiger charge is 2.04. The number of ether oxygens (including phenoxy) is 1. The minimum atomic E-state index is 0.403. The Morgan fingerprint density at radius 2 is 1.95 bits per heavy atom. The Morgan fingerprint density at radius 1 is 1.21 bits per heavy atom. The molecule has 0 bridgehead atoms. The molecule has 0 unspecified atom stereocenters. The Balaban J connectivity index is 2.23. The van der Waals surface area contributed by atoms with Crippen molar-refractivity contribution in [2.45, 2.75) is 13.5 Å². The van der Waals surface area contributed by atoms with E-state index in [1.807, 2.05) is 31.2 Å². The van der Waals surface area contributed by atoms with E-state index in [1.54, 1.807) is 13.2 Å². The lowest BCUT2D eigenvalue weighted by molar-refractivity contribution is 0.181. The molecule has 19 heavy (non-hydrogen) atoms. The first kappa shape index (κ1) is 13.3. The van der Waals surface area contributed by atoms with Crippen molar-refractivity contribution in [2.24, 2.45) is 5.84 Å². The van der Waals surface area contributed by atoms with E-state index in [1.165, 1.54) is 5.56 Å². The van der Waals surface area contributed by atoms with Crippen LogP contribution >= 0.6 is 0 Å². The highest BCUT2D eigenvalue weighted by atomic mass is 16.5. The van der Waals surface area contributed by atoms with Crippen LogP contribution in [0.3, 0.4) is 0 Å². The molecule has 0 aliphatic rings. The lowest BCUT2D eigenvalue weighted by Crippen LogP contribution is -2.11. The van der Waals surface area contributed by atoms with Gasteiger partial charge in [0.25, 0.3) is 0 Å². The molecular formula is C13H17N5O. The summed E-state index contributed by atoms with van der Waals surface area (Å²) in [4.78, 5) is 8.58. The van der Waals surface area contributed by atoms with Crippen molar-refractivity contribution >= 4 is 17.5 Å². The number of aryl methyl sites for hydroxylation is 1. The summed E-state index contributed by atoms with van der Waals surface area (Å²) < 4.78 is 5.06. The van der Waals surface area contributed by atoms with Gasteiger partial charge in [-0.2, -0.15) is 4.98 Å². The van der Waals surface area contributed by atoms with Gasteiger partial charge in [0.2, 0.25) is 5.95 Å². The standard InChI is InChI=1S/C13H17N5O/c1-9-3-5-10(6-4-9)15-13-16-11(8-19-2)7-12(17-13)18-14/h3-7H,8,14H2,1-2H3,(H2,15,16,17,18). The van der Waals surface area contributed by atoms with Gasteiger partial charge in [-0.25, -0.2) is 10.8 Å². The summed E-state index contributed by atoms with van der Waals surface area (Å²) in [5.74, 6) is 6.40. The molecule has 6 heteroatoms. The van der Waals surface area contributed by atoms with Crippen molar-refractivity contribution in [3.05, 3.63) is 41.6 Å². The lowest BCUT2D eigenvalue weighted by Gasteiger charge is -2.09. The molecule has 6 nitrogen and oxygen atoms in total. The fourth-order valence-electron chi connectivity index (χ4n) is 1.62. The normalized spacial score (nSPS) is 10.3. The molecule has 0 amide bonds. The predicted molar refractivity (Wildman–Crippen MR) is 75.0 cm³/mol. The first-order chi connectivity index (χ1) is 9.21. The molecule has 0 saturated heterocycles. The van der Waals surface area contributed by atoms with Gasteiger partial charge in [-0.1, -0.05) is 17.7 Å². The number of nitrogen functional groups attached to an aromatic ring is 1. The summed E-state index contributed by atoms with van der Waals surface area (Å²) >= 11 is 0.